The average molecular weight is 270 g/mol. The normalized spacial score (nSPS) is 24.6. The van der Waals surface area contributed by atoms with Crippen LogP contribution in [0.2, 0.25) is 0 Å². The maximum absolute atomic E-state index is 12.5. The molecule has 0 bridgehead atoms. The van der Waals surface area contributed by atoms with Gasteiger partial charge < -0.3 is 10.5 Å². The van der Waals surface area contributed by atoms with E-state index in [4.69, 9.17) is 10.5 Å². The summed E-state index contributed by atoms with van der Waals surface area (Å²) in [7, 11) is -1.98. The van der Waals surface area contributed by atoms with E-state index in [0.717, 1.165) is 0 Å². The summed E-state index contributed by atoms with van der Waals surface area (Å²) in [5.41, 5.74) is 6.01. The van der Waals surface area contributed by atoms with Crippen LogP contribution in [0, 0.1) is 0 Å². The summed E-state index contributed by atoms with van der Waals surface area (Å²) in [4.78, 5) is 0.159. The molecule has 1 saturated heterocycles. The maximum Gasteiger partial charge on any atom is 0.245 e. The molecule has 5 nitrogen and oxygen atoms in total. The lowest BCUT2D eigenvalue weighted by molar-refractivity contribution is 0.102. The third-order valence-electron chi connectivity index (χ3n) is 3.38. The molecule has 0 aliphatic carbocycles. The van der Waals surface area contributed by atoms with Gasteiger partial charge in [-0.15, -0.1) is 0 Å². The van der Waals surface area contributed by atoms with E-state index in [2.05, 4.69) is 0 Å². The van der Waals surface area contributed by atoms with Gasteiger partial charge in [0.1, 0.15) is 4.90 Å². The summed E-state index contributed by atoms with van der Waals surface area (Å²) in [5.74, 6) is 0. The van der Waals surface area contributed by atoms with Crippen LogP contribution >= 0.6 is 0 Å². The lowest BCUT2D eigenvalue weighted by Gasteiger charge is -2.26. The fourth-order valence-corrected chi connectivity index (χ4v) is 3.81. The molecule has 6 heteroatoms. The Balaban J connectivity index is 2.34. The van der Waals surface area contributed by atoms with Crippen LogP contribution in [0.1, 0.15) is 13.3 Å². The summed E-state index contributed by atoms with van der Waals surface area (Å²) < 4.78 is 31.7. The minimum atomic E-state index is -3.56. The zero-order chi connectivity index (χ0) is 13.3. The topological polar surface area (TPSA) is 72.6 Å². The Morgan fingerprint density at radius 1 is 1.39 bits per heavy atom. The molecule has 0 radical (unpaired) electrons. The van der Waals surface area contributed by atoms with E-state index >= 15 is 0 Å². The van der Waals surface area contributed by atoms with E-state index < -0.39 is 10.0 Å². The summed E-state index contributed by atoms with van der Waals surface area (Å²) in [5, 5.41) is 0. The van der Waals surface area contributed by atoms with Gasteiger partial charge in [-0.1, -0.05) is 12.1 Å². The fraction of sp³-hybridized carbons (Fsp3) is 0.500. The summed E-state index contributed by atoms with van der Waals surface area (Å²) >= 11 is 0. The zero-order valence-corrected chi connectivity index (χ0v) is 11.4. The molecule has 2 atom stereocenters. The van der Waals surface area contributed by atoms with Gasteiger partial charge in [0.2, 0.25) is 10.0 Å². The molecule has 1 fully saturated rings. The molecule has 0 amide bonds. The first kappa shape index (κ1) is 13.3. The smallest absolute Gasteiger partial charge is 0.245 e. The van der Waals surface area contributed by atoms with Crippen LogP contribution in [-0.2, 0) is 14.8 Å². The first-order chi connectivity index (χ1) is 8.44. The largest absolute Gasteiger partial charge is 0.398 e. The van der Waals surface area contributed by atoms with Crippen molar-refractivity contribution in [1.82, 2.24) is 4.31 Å². The Hall–Kier alpha value is -1.11. The summed E-state index contributed by atoms with van der Waals surface area (Å²) in [6, 6.07) is 6.38. The molecule has 0 spiro atoms. The monoisotopic (exact) mass is 270 g/mol. The van der Waals surface area contributed by atoms with E-state index in [1.54, 1.807) is 25.2 Å². The summed E-state index contributed by atoms with van der Waals surface area (Å²) in [6.07, 6.45) is 0.624. The van der Waals surface area contributed by atoms with Crippen molar-refractivity contribution in [1.29, 1.82) is 0 Å². The number of nitrogen functional groups attached to an aromatic ring is 1. The number of nitrogens with two attached hydrogens (primary N) is 1. The average Bonchev–Trinajstić information content (AvgIpc) is 2.74. The van der Waals surface area contributed by atoms with E-state index in [1.807, 2.05) is 6.92 Å². The van der Waals surface area contributed by atoms with E-state index in [-0.39, 0.29) is 22.7 Å². The number of sulfonamides is 1. The highest BCUT2D eigenvalue weighted by atomic mass is 32.2. The van der Waals surface area contributed by atoms with Gasteiger partial charge in [-0.2, -0.15) is 4.31 Å². The van der Waals surface area contributed by atoms with Gasteiger partial charge in [0, 0.05) is 13.7 Å². The standard InChI is InChI=1S/C12H18N2O3S/c1-9-11(7-8-17-9)14(2)18(15,16)12-6-4-3-5-10(12)13/h3-6,9,11H,7-8,13H2,1-2H3. The third-order valence-corrected chi connectivity index (χ3v) is 5.34. The molecule has 1 aromatic carbocycles. The Kier molecular flexibility index (Phi) is 3.61. The van der Waals surface area contributed by atoms with Crippen LogP contribution in [0.25, 0.3) is 0 Å². The van der Waals surface area contributed by atoms with Crippen molar-refractivity contribution in [2.75, 3.05) is 19.4 Å². The molecule has 2 unspecified atom stereocenters. The molecule has 0 aromatic heterocycles. The number of ether oxygens (including phenoxy) is 1. The molecular formula is C12H18N2O3S. The Morgan fingerprint density at radius 2 is 2.06 bits per heavy atom. The van der Waals surface area contributed by atoms with Gasteiger partial charge in [0.15, 0.2) is 0 Å². The fourth-order valence-electron chi connectivity index (χ4n) is 2.25. The van der Waals surface area contributed by atoms with E-state index in [1.165, 1.54) is 10.4 Å². The molecule has 2 rings (SSSR count). The molecule has 2 N–H and O–H groups in total. The van der Waals surface area contributed by atoms with Crippen LogP contribution in [-0.4, -0.2) is 38.5 Å². The molecule has 18 heavy (non-hydrogen) atoms. The van der Waals surface area contributed by atoms with Gasteiger partial charge in [-0.3, -0.25) is 0 Å². The summed E-state index contributed by atoms with van der Waals surface area (Å²) in [6.45, 7) is 2.48. The number of anilines is 1. The van der Waals surface area contributed by atoms with Crippen LogP contribution in [0.4, 0.5) is 5.69 Å². The van der Waals surface area contributed by atoms with Crippen molar-refractivity contribution in [3.05, 3.63) is 24.3 Å². The van der Waals surface area contributed by atoms with Crippen molar-refractivity contribution < 1.29 is 13.2 Å². The molecule has 100 valence electrons. The second-order valence-corrected chi connectivity index (χ2v) is 6.46. The van der Waals surface area contributed by atoms with E-state index in [9.17, 15) is 8.42 Å². The Morgan fingerprint density at radius 3 is 2.61 bits per heavy atom. The highest BCUT2D eigenvalue weighted by Gasteiger charge is 2.35. The number of rotatable bonds is 3. The molecule has 0 saturated carbocycles. The molecule has 1 aliphatic heterocycles. The molecule has 1 heterocycles. The van der Waals surface area contributed by atoms with Gasteiger partial charge in [-0.25, -0.2) is 8.42 Å². The zero-order valence-electron chi connectivity index (χ0n) is 10.5. The number of likely N-dealkylation sites (N-methyl/N-ethyl adjacent to an activating group) is 1. The first-order valence-corrected chi connectivity index (χ1v) is 7.32. The molecule has 1 aromatic rings. The quantitative estimate of drug-likeness (QED) is 0.834. The third kappa shape index (κ3) is 2.23. The van der Waals surface area contributed by atoms with Crippen LogP contribution in [0.5, 0.6) is 0 Å². The van der Waals surface area contributed by atoms with Gasteiger partial charge in [0.05, 0.1) is 17.8 Å². The lowest BCUT2D eigenvalue weighted by Crippen LogP contribution is -2.41. The molecule has 1 aliphatic rings. The first-order valence-electron chi connectivity index (χ1n) is 5.88. The van der Waals surface area contributed by atoms with Crippen LogP contribution in [0.15, 0.2) is 29.2 Å². The predicted octanol–water partition coefficient (Wildman–Crippen LogP) is 1.07. The van der Waals surface area contributed by atoms with Gasteiger partial charge in [-0.05, 0) is 25.5 Å². The highest BCUT2D eigenvalue weighted by Crippen LogP contribution is 2.27. The number of hydrogen-bond acceptors (Lipinski definition) is 4. The number of benzene rings is 1. The van der Waals surface area contributed by atoms with Crippen molar-refractivity contribution >= 4 is 15.7 Å². The SMILES string of the molecule is CC1OCCC1N(C)S(=O)(=O)c1ccccc1N. The predicted molar refractivity (Wildman–Crippen MR) is 69.6 cm³/mol. The van der Waals surface area contributed by atoms with Crippen molar-refractivity contribution in [3.63, 3.8) is 0 Å². The molecular weight excluding hydrogens is 252 g/mol. The van der Waals surface area contributed by atoms with Crippen molar-refractivity contribution in [2.24, 2.45) is 0 Å². The minimum Gasteiger partial charge on any atom is -0.398 e. The van der Waals surface area contributed by atoms with Crippen molar-refractivity contribution in [3.8, 4) is 0 Å². The Labute approximate surface area is 108 Å². The number of para-hydroxylation sites is 1. The van der Waals surface area contributed by atoms with Crippen LogP contribution < -0.4 is 5.73 Å². The van der Waals surface area contributed by atoms with E-state index in [0.29, 0.717) is 13.0 Å². The lowest BCUT2D eigenvalue weighted by atomic mass is 10.2. The Bertz CT molecular complexity index is 530. The number of nitrogens with zero attached hydrogens (tertiary/aromatic N) is 1. The second kappa shape index (κ2) is 4.87. The van der Waals surface area contributed by atoms with Gasteiger partial charge in [0.25, 0.3) is 0 Å². The number of hydrogen-bond donors (Lipinski definition) is 1. The van der Waals surface area contributed by atoms with Gasteiger partial charge >= 0.3 is 0 Å². The van der Waals surface area contributed by atoms with Crippen LogP contribution in [0.3, 0.4) is 0 Å². The second-order valence-electron chi connectivity index (χ2n) is 4.49. The maximum atomic E-state index is 12.5. The highest BCUT2D eigenvalue weighted by molar-refractivity contribution is 7.89. The van der Waals surface area contributed by atoms with Crippen molar-refractivity contribution in [2.45, 2.75) is 30.4 Å². The minimum absolute atomic E-state index is 0.0882.